The third-order valence-electron chi connectivity index (χ3n) is 7.24. The van der Waals surface area contributed by atoms with Crippen molar-refractivity contribution in [1.82, 2.24) is 15.0 Å². The van der Waals surface area contributed by atoms with Gasteiger partial charge in [-0.3, -0.25) is 4.79 Å². The summed E-state index contributed by atoms with van der Waals surface area (Å²) in [5, 5.41) is 10.5. The average molecular weight is 511 g/mol. The molecule has 1 aliphatic heterocycles. The number of aliphatic hydroxyl groups is 1. The number of amides is 1. The van der Waals surface area contributed by atoms with E-state index in [9.17, 15) is 9.90 Å². The number of H-pyrrole nitrogens is 1. The van der Waals surface area contributed by atoms with Gasteiger partial charge in [0.2, 0.25) is 0 Å². The van der Waals surface area contributed by atoms with Crippen molar-refractivity contribution in [3.8, 4) is 16.9 Å². The van der Waals surface area contributed by atoms with E-state index in [-0.39, 0.29) is 31.1 Å². The van der Waals surface area contributed by atoms with Gasteiger partial charge in [0.05, 0.1) is 24.4 Å². The van der Waals surface area contributed by atoms with Crippen molar-refractivity contribution < 1.29 is 19.0 Å². The van der Waals surface area contributed by atoms with Crippen LogP contribution in [0.15, 0.2) is 61.3 Å². The lowest BCUT2D eigenvalue weighted by molar-refractivity contribution is 0.0985. The third kappa shape index (κ3) is 3.97. The number of halogens is 1. The fourth-order valence-corrected chi connectivity index (χ4v) is 5.16. The molecule has 2 aromatic heterocycles. The van der Waals surface area contributed by atoms with Crippen LogP contribution in [0, 0.1) is 5.82 Å². The quantitative estimate of drug-likeness (QED) is 0.322. The number of imidazole rings is 1. The van der Waals surface area contributed by atoms with Crippen molar-refractivity contribution in [2.45, 2.75) is 32.3 Å². The molecule has 1 aliphatic carbocycles. The molecule has 2 aromatic carbocycles. The minimum Gasteiger partial charge on any atom is -0.491 e. The van der Waals surface area contributed by atoms with Crippen LogP contribution < -0.4 is 9.64 Å². The smallest absolute Gasteiger partial charge is 0.265 e. The molecule has 1 amide bonds. The van der Waals surface area contributed by atoms with Gasteiger partial charge in [-0.15, -0.1) is 0 Å². The molecular weight excluding hydrogens is 483 g/mol. The fraction of sp³-hybridized carbons (Fsp3) is 0.233. The van der Waals surface area contributed by atoms with Gasteiger partial charge in [0.15, 0.2) is 5.65 Å². The molecule has 0 saturated heterocycles. The zero-order valence-electron chi connectivity index (χ0n) is 21.0. The summed E-state index contributed by atoms with van der Waals surface area (Å²) in [4.78, 5) is 27.5. The number of hydrogen-bond acceptors (Lipinski definition) is 5. The van der Waals surface area contributed by atoms with Crippen molar-refractivity contribution in [2.75, 3.05) is 18.1 Å². The first-order valence-electron chi connectivity index (χ1n) is 12.7. The number of allylic oxidation sites excluding steroid dienone is 3. The Balaban J connectivity index is 1.46. The molecule has 1 saturated carbocycles. The molecule has 1 fully saturated rings. The molecule has 0 atom stereocenters. The number of fused-ring (bicyclic) bond motifs is 2. The van der Waals surface area contributed by atoms with E-state index < -0.39 is 11.7 Å². The highest BCUT2D eigenvalue weighted by molar-refractivity contribution is 6.09. The van der Waals surface area contributed by atoms with Gasteiger partial charge in [0, 0.05) is 22.9 Å². The summed E-state index contributed by atoms with van der Waals surface area (Å²) in [6, 6.07) is 10.6. The number of aliphatic hydroxyl groups excluding tert-OH is 1. The topological polar surface area (TPSA) is 91.3 Å². The van der Waals surface area contributed by atoms with Crippen LogP contribution >= 0.6 is 0 Å². The van der Waals surface area contributed by atoms with Gasteiger partial charge < -0.3 is 19.7 Å². The first-order valence-corrected chi connectivity index (χ1v) is 12.7. The molecule has 2 N–H and O–H groups in total. The molecule has 38 heavy (non-hydrogen) atoms. The number of aromatic nitrogens is 3. The average Bonchev–Trinajstić information content (AvgIpc) is 3.71. The molecule has 0 radical (unpaired) electrons. The molecule has 7 nitrogen and oxygen atoms in total. The Kier molecular flexibility index (Phi) is 6.04. The Morgan fingerprint density at radius 1 is 1.29 bits per heavy atom. The van der Waals surface area contributed by atoms with Gasteiger partial charge in [-0.05, 0) is 61.1 Å². The van der Waals surface area contributed by atoms with Gasteiger partial charge in [-0.2, -0.15) is 0 Å². The molecule has 3 heterocycles. The maximum atomic E-state index is 15.3. The fourth-order valence-electron chi connectivity index (χ4n) is 5.16. The molecular formula is C30H27FN4O3. The molecule has 0 spiro atoms. The number of benzene rings is 2. The lowest BCUT2D eigenvalue weighted by atomic mass is 9.97. The van der Waals surface area contributed by atoms with Gasteiger partial charge in [-0.1, -0.05) is 30.9 Å². The van der Waals surface area contributed by atoms with E-state index in [0.717, 1.165) is 35.1 Å². The molecule has 8 heteroatoms. The van der Waals surface area contributed by atoms with Crippen LogP contribution in [0.25, 0.3) is 27.9 Å². The Morgan fingerprint density at radius 2 is 2.13 bits per heavy atom. The van der Waals surface area contributed by atoms with Gasteiger partial charge >= 0.3 is 0 Å². The van der Waals surface area contributed by atoms with Crippen LogP contribution in [0.1, 0.15) is 53.0 Å². The summed E-state index contributed by atoms with van der Waals surface area (Å²) >= 11 is 0. The molecule has 192 valence electrons. The van der Waals surface area contributed by atoms with Crippen LogP contribution in [-0.4, -0.2) is 39.1 Å². The second-order valence-corrected chi connectivity index (χ2v) is 9.51. The summed E-state index contributed by atoms with van der Waals surface area (Å²) in [5.74, 6) is 0.184. The number of pyridine rings is 1. The summed E-state index contributed by atoms with van der Waals surface area (Å²) in [7, 11) is 0. The number of nitrogens with zero attached hydrogens (tertiary/aromatic N) is 3. The number of nitrogens with one attached hydrogen (secondary N) is 1. The zero-order valence-corrected chi connectivity index (χ0v) is 21.0. The molecule has 4 aromatic rings. The first kappa shape index (κ1) is 24.1. The Hall–Kier alpha value is -4.30. The van der Waals surface area contributed by atoms with E-state index >= 15 is 4.39 Å². The van der Waals surface area contributed by atoms with Crippen molar-refractivity contribution in [3.63, 3.8) is 0 Å². The van der Waals surface area contributed by atoms with E-state index in [4.69, 9.17) is 4.74 Å². The van der Waals surface area contributed by atoms with Crippen molar-refractivity contribution in [3.05, 3.63) is 89.7 Å². The summed E-state index contributed by atoms with van der Waals surface area (Å²) in [6.07, 6.45) is 7.33. The lowest BCUT2D eigenvalue weighted by Crippen LogP contribution is -2.33. The standard InChI is InChI=1S/C30H27FN4O3/c1-3-17(4-2)28-33-27-21(10-11-32-29(27)34-28)20-6-5-7-24(22(20)16-36)35-12-13-38-25-15-19(18-8-9-18)14-23(31)26(25)30(35)37/h3-7,10-11,14-15,18,36H,1,8-9,12-13,16H2,2H3,(H,32,33,34)/b17-4+. The Morgan fingerprint density at radius 3 is 2.87 bits per heavy atom. The Bertz CT molecular complexity index is 1620. The van der Waals surface area contributed by atoms with E-state index in [1.54, 1.807) is 24.4 Å². The minimum atomic E-state index is -0.578. The highest BCUT2D eigenvalue weighted by Gasteiger charge is 2.33. The maximum Gasteiger partial charge on any atom is 0.265 e. The van der Waals surface area contributed by atoms with E-state index in [0.29, 0.717) is 34.2 Å². The SMILES string of the molecule is C=C/C(=C\C)c1nc2nccc(-c3cccc(N4CCOc5cc(C6CC6)cc(F)c5C4=O)c3CO)c2[nH]1. The predicted octanol–water partition coefficient (Wildman–Crippen LogP) is 5.76. The first-order chi connectivity index (χ1) is 18.5. The summed E-state index contributed by atoms with van der Waals surface area (Å²) < 4.78 is 21.1. The van der Waals surface area contributed by atoms with Crippen LogP contribution in [-0.2, 0) is 6.61 Å². The molecule has 2 aliphatic rings. The normalized spacial score (nSPS) is 15.8. The predicted molar refractivity (Wildman–Crippen MR) is 145 cm³/mol. The highest BCUT2D eigenvalue weighted by Crippen LogP contribution is 2.43. The monoisotopic (exact) mass is 510 g/mol. The third-order valence-corrected chi connectivity index (χ3v) is 7.24. The Labute approximate surface area is 219 Å². The zero-order chi connectivity index (χ0) is 26.4. The number of ether oxygens (including phenoxy) is 1. The van der Waals surface area contributed by atoms with E-state index in [1.165, 1.54) is 11.0 Å². The summed E-state index contributed by atoms with van der Waals surface area (Å²) in [5.41, 5.74) is 5.40. The summed E-state index contributed by atoms with van der Waals surface area (Å²) in [6.45, 7) is 5.84. The van der Waals surface area contributed by atoms with Gasteiger partial charge in [-0.25, -0.2) is 14.4 Å². The van der Waals surface area contributed by atoms with Crippen LogP contribution in [0.2, 0.25) is 0 Å². The highest BCUT2D eigenvalue weighted by atomic mass is 19.1. The van der Waals surface area contributed by atoms with Gasteiger partial charge in [0.25, 0.3) is 5.91 Å². The minimum absolute atomic E-state index is 0.0750. The number of anilines is 1. The number of carbonyl (C=O) groups is 1. The van der Waals surface area contributed by atoms with Crippen LogP contribution in [0.3, 0.4) is 0 Å². The number of rotatable bonds is 6. The number of aromatic amines is 1. The van der Waals surface area contributed by atoms with E-state index in [2.05, 4.69) is 21.5 Å². The maximum absolute atomic E-state index is 15.3. The molecule has 0 bridgehead atoms. The van der Waals surface area contributed by atoms with Crippen molar-refractivity contribution in [1.29, 1.82) is 0 Å². The second kappa shape index (κ2) is 9.54. The molecule has 6 rings (SSSR count). The van der Waals surface area contributed by atoms with Crippen LogP contribution in [0.4, 0.5) is 10.1 Å². The van der Waals surface area contributed by atoms with E-state index in [1.807, 2.05) is 31.2 Å². The largest absolute Gasteiger partial charge is 0.491 e. The molecule has 0 unspecified atom stereocenters. The van der Waals surface area contributed by atoms with Gasteiger partial charge in [0.1, 0.15) is 29.6 Å². The second-order valence-electron chi connectivity index (χ2n) is 9.51. The number of hydrogen-bond donors (Lipinski definition) is 2. The lowest BCUT2D eigenvalue weighted by Gasteiger charge is -2.24. The van der Waals surface area contributed by atoms with Crippen molar-refractivity contribution >= 4 is 28.3 Å². The van der Waals surface area contributed by atoms with Crippen molar-refractivity contribution in [2.24, 2.45) is 0 Å². The van der Waals surface area contributed by atoms with Crippen LogP contribution in [0.5, 0.6) is 5.75 Å². The number of carbonyl (C=O) groups excluding carboxylic acids is 1.